The molecule has 0 aromatic heterocycles. The number of benzene rings is 2. The number of aliphatic hydroxyl groups is 2. The van der Waals surface area contributed by atoms with E-state index in [1.807, 2.05) is 0 Å². The van der Waals surface area contributed by atoms with Gasteiger partial charge in [-0.3, -0.25) is 0 Å². The van der Waals surface area contributed by atoms with Crippen LogP contribution in [0.4, 0.5) is 0 Å². The zero-order chi connectivity index (χ0) is 21.7. The maximum Gasteiger partial charge on any atom is 0.339 e. The minimum absolute atomic E-state index is 0.00672. The number of ether oxygens (including phenoxy) is 4. The molecule has 0 aliphatic carbocycles. The van der Waals surface area contributed by atoms with E-state index in [4.69, 9.17) is 33.3 Å². The van der Waals surface area contributed by atoms with Crippen molar-refractivity contribution in [2.75, 3.05) is 52.9 Å². The molecule has 30 heavy (non-hydrogen) atoms. The molecule has 0 saturated carbocycles. The molecule has 166 valence electrons. The van der Waals surface area contributed by atoms with E-state index in [0.29, 0.717) is 31.3 Å². The third-order valence-corrected chi connectivity index (χ3v) is 4.87. The summed E-state index contributed by atoms with van der Waals surface area (Å²) in [6.45, 7) is 1.64. The molecule has 0 aliphatic rings. The van der Waals surface area contributed by atoms with E-state index >= 15 is 0 Å². The Kier molecular flexibility index (Phi) is 10.4. The van der Waals surface area contributed by atoms with Gasteiger partial charge in [-0.15, -0.1) is 0 Å². The van der Waals surface area contributed by atoms with Crippen LogP contribution in [0, 0.1) is 0 Å². The van der Waals surface area contributed by atoms with E-state index in [1.54, 1.807) is 12.1 Å². The highest BCUT2D eigenvalue weighted by atomic mass is 32.2. The van der Waals surface area contributed by atoms with Gasteiger partial charge in [-0.05, 0) is 48.5 Å². The lowest BCUT2D eigenvalue weighted by atomic mass is 10.3. The lowest BCUT2D eigenvalue weighted by molar-refractivity contribution is 0.0705. The fraction of sp³-hybridized carbons (Fsp3) is 0.400. The van der Waals surface area contributed by atoms with Crippen molar-refractivity contribution >= 4 is 10.1 Å². The van der Waals surface area contributed by atoms with E-state index in [-0.39, 0.29) is 43.7 Å². The standard InChI is InChI=1S/C20H26O9S/c21-9-11-25-13-15-27-17-1-3-19(4-2-17)29-30(23,24)20-7-5-18(6-8-20)28-16-14-26-12-10-22/h1-8,21-22H,9-16H2. The largest absolute Gasteiger partial charge is 0.491 e. The smallest absolute Gasteiger partial charge is 0.339 e. The second-order valence-electron chi connectivity index (χ2n) is 5.85. The summed E-state index contributed by atoms with van der Waals surface area (Å²) in [7, 11) is -4.00. The zero-order valence-electron chi connectivity index (χ0n) is 16.4. The third-order valence-electron chi connectivity index (χ3n) is 3.61. The number of rotatable bonds is 15. The predicted octanol–water partition coefficient (Wildman–Crippen LogP) is 1.23. The summed E-state index contributed by atoms with van der Waals surface area (Å²) < 4.78 is 51.0. The molecule has 0 atom stereocenters. The molecule has 0 fully saturated rings. The van der Waals surface area contributed by atoms with E-state index in [9.17, 15) is 8.42 Å². The Morgan fingerprint density at radius 2 is 1.03 bits per heavy atom. The van der Waals surface area contributed by atoms with Gasteiger partial charge in [0.05, 0.1) is 39.6 Å². The Labute approximate surface area is 175 Å². The molecule has 0 amide bonds. The van der Waals surface area contributed by atoms with E-state index < -0.39 is 10.1 Å². The molecule has 9 nitrogen and oxygen atoms in total. The third kappa shape index (κ3) is 8.56. The van der Waals surface area contributed by atoms with Crippen LogP contribution < -0.4 is 13.7 Å². The second kappa shape index (κ2) is 13.0. The van der Waals surface area contributed by atoms with Gasteiger partial charge in [0.1, 0.15) is 35.4 Å². The molecule has 0 spiro atoms. The summed E-state index contributed by atoms with van der Waals surface area (Å²) in [5, 5.41) is 17.2. The normalized spacial score (nSPS) is 11.3. The second-order valence-corrected chi connectivity index (χ2v) is 7.40. The molecule has 0 aliphatic heterocycles. The van der Waals surface area contributed by atoms with E-state index in [0.717, 1.165) is 0 Å². The van der Waals surface area contributed by atoms with E-state index in [2.05, 4.69) is 0 Å². The molecule has 10 heteroatoms. The van der Waals surface area contributed by atoms with E-state index in [1.165, 1.54) is 36.4 Å². The number of hydrogen-bond donors (Lipinski definition) is 2. The van der Waals surface area contributed by atoms with Crippen molar-refractivity contribution in [3.8, 4) is 17.2 Å². The highest BCUT2D eigenvalue weighted by molar-refractivity contribution is 7.87. The average Bonchev–Trinajstić information content (AvgIpc) is 2.75. The first-order valence-electron chi connectivity index (χ1n) is 9.32. The highest BCUT2D eigenvalue weighted by Gasteiger charge is 2.16. The lowest BCUT2D eigenvalue weighted by Crippen LogP contribution is -2.11. The average molecular weight is 442 g/mol. The molecule has 2 aromatic rings. The van der Waals surface area contributed by atoms with Crippen molar-refractivity contribution in [2.24, 2.45) is 0 Å². The van der Waals surface area contributed by atoms with Gasteiger partial charge in [0.2, 0.25) is 0 Å². The van der Waals surface area contributed by atoms with Gasteiger partial charge in [-0.2, -0.15) is 8.42 Å². The number of hydrogen-bond acceptors (Lipinski definition) is 9. The molecule has 2 rings (SSSR count). The molecular weight excluding hydrogens is 416 g/mol. The zero-order valence-corrected chi connectivity index (χ0v) is 17.3. The Morgan fingerprint density at radius 3 is 1.50 bits per heavy atom. The summed E-state index contributed by atoms with van der Waals surface area (Å²) in [5.74, 6) is 1.18. The van der Waals surface area contributed by atoms with Crippen molar-refractivity contribution < 1.29 is 41.8 Å². The van der Waals surface area contributed by atoms with Crippen molar-refractivity contribution in [1.29, 1.82) is 0 Å². The van der Waals surface area contributed by atoms with Crippen LogP contribution in [-0.4, -0.2) is 71.5 Å². The molecule has 0 unspecified atom stereocenters. The van der Waals surface area contributed by atoms with Gasteiger partial charge in [-0.1, -0.05) is 0 Å². The first-order chi connectivity index (χ1) is 14.5. The van der Waals surface area contributed by atoms with Crippen LogP contribution in [0.5, 0.6) is 17.2 Å². The van der Waals surface area contributed by atoms with Crippen LogP contribution in [0.1, 0.15) is 0 Å². The van der Waals surface area contributed by atoms with Crippen molar-refractivity contribution in [3.05, 3.63) is 48.5 Å². The van der Waals surface area contributed by atoms with Crippen molar-refractivity contribution in [3.63, 3.8) is 0 Å². The Morgan fingerprint density at radius 1 is 0.600 bits per heavy atom. The summed E-state index contributed by atoms with van der Waals surface area (Å²) >= 11 is 0. The summed E-state index contributed by atoms with van der Waals surface area (Å²) in [5.41, 5.74) is 0. The lowest BCUT2D eigenvalue weighted by Gasteiger charge is -2.10. The van der Waals surface area contributed by atoms with Gasteiger partial charge < -0.3 is 33.3 Å². The fourth-order valence-corrected chi connectivity index (χ4v) is 3.17. The molecule has 2 N–H and O–H groups in total. The van der Waals surface area contributed by atoms with Crippen LogP contribution in [0.3, 0.4) is 0 Å². The van der Waals surface area contributed by atoms with Crippen LogP contribution in [0.2, 0.25) is 0 Å². The van der Waals surface area contributed by atoms with Gasteiger partial charge in [0, 0.05) is 0 Å². The minimum Gasteiger partial charge on any atom is -0.491 e. The van der Waals surface area contributed by atoms with Gasteiger partial charge in [0.15, 0.2) is 0 Å². The maximum atomic E-state index is 12.4. The van der Waals surface area contributed by atoms with Crippen molar-refractivity contribution in [2.45, 2.75) is 4.90 Å². The summed E-state index contributed by atoms with van der Waals surface area (Å²) in [4.78, 5) is -0.00672. The topological polar surface area (TPSA) is 121 Å². The highest BCUT2D eigenvalue weighted by Crippen LogP contribution is 2.23. The molecule has 0 bridgehead atoms. The van der Waals surface area contributed by atoms with Crippen LogP contribution in [0.15, 0.2) is 53.4 Å². The quantitative estimate of drug-likeness (QED) is 0.310. The molecule has 2 aromatic carbocycles. The first kappa shape index (κ1) is 23.9. The fourth-order valence-electron chi connectivity index (χ4n) is 2.24. The van der Waals surface area contributed by atoms with Crippen LogP contribution in [0.25, 0.3) is 0 Å². The molecule has 0 heterocycles. The Hall–Kier alpha value is -2.37. The van der Waals surface area contributed by atoms with Gasteiger partial charge in [-0.25, -0.2) is 0 Å². The van der Waals surface area contributed by atoms with Crippen molar-refractivity contribution in [1.82, 2.24) is 0 Å². The number of aliphatic hydroxyl groups excluding tert-OH is 2. The maximum absolute atomic E-state index is 12.4. The minimum atomic E-state index is -4.00. The molecular formula is C20H26O9S. The van der Waals surface area contributed by atoms with Gasteiger partial charge in [0.25, 0.3) is 0 Å². The summed E-state index contributed by atoms with van der Waals surface area (Å²) in [6, 6.07) is 12.0. The molecule has 0 radical (unpaired) electrons. The monoisotopic (exact) mass is 442 g/mol. The van der Waals surface area contributed by atoms with Gasteiger partial charge >= 0.3 is 10.1 Å². The SMILES string of the molecule is O=S(=O)(Oc1ccc(OCCOCCO)cc1)c1ccc(OCCOCCO)cc1. The Bertz CT molecular complexity index is 820. The molecule has 0 saturated heterocycles. The summed E-state index contributed by atoms with van der Waals surface area (Å²) in [6.07, 6.45) is 0. The Balaban J connectivity index is 1.83. The van der Waals surface area contributed by atoms with Crippen LogP contribution >= 0.6 is 0 Å². The first-order valence-corrected chi connectivity index (χ1v) is 10.7. The van der Waals surface area contributed by atoms with Crippen LogP contribution in [-0.2, 0) is 19.6 Å². The predicted molar refractivity (Wildman–Crippen MR) is 107 cm³/mol.